The Morgan fingerprint density at radius 2 is 0.870 bits per heavy atom. The summed E-state index contributed by atoms with van der Waals surface area (Å²) in [5, 5.41) is 38.3. The van der Waals surface area contributed by atoms with Gasteiger partial charge in [-0.15, -0.1) is 0 Å². The first-order chi connectivity index (χ1) is 21.4. The van der Waals surface area contributed by atoms with Gasteiger partial charge in [0.25, 0.3) is 0 Å². The molecule has 0 heterocycles. The van der Waals surface area contributed by atoms with Gasteiger partial charge in [-0.05, 0) is 61.4 Å². The second-order valence-electron chi connectivity index (χ2n) is 9.24. The van der Waals surface area contributed by atoms with Crippen LogP contribution < -0.4 is 0 Å². The van der Waals surface area contributed by atoms with E-state index in [0.29, 0.717) is 39.8 Å². The van der Waals surface area contributed by atoms with E-state index in [9.17, 15) is 58.8 Å². The zero-order valence-electron chi connectivity index (χ0n) is 24.5. The van der Waals surface area contributed by atoms with Gasteiger partial charge in [0.1, 0.15) is 0 Å². The van der Waals surface area contributed by atoms with Gasteiger partial charge in [0, 0.05) is 26.0 Å². The Bertz CT molecular complexity index is 1560. The fourth-order valence-electron chi connectivity index (χ4n) is 3.83. The van der Waals surface area contributed by atoms with Crippen molar-refractivity contribution in [1.82, 2.24) is 0 Å². The highest BCUT2D eigenvalue weighted by atomic mass is 16.7. The van der Waals surface area contributed by atoms with Crippen LogP contribution in [0, 0.1) is 0 Å². The van der Waals surface area contributed by atoms with E-state index in [-0.39, 0.29) is 11.1 Å². The Labute approximate surface area is 259 Å². The van der Waals surface area contributed by atoms with Gasteiger partial charge >= 0.3 is 47.0 Å². The zero-order valence-corrected chi connectivity index (χ0v) is 24.5. The number of phenolic OH excluding ortho intramolecular Hbond substituents is 4. The van der Waals surface area contributed by atoms with Crippen LogP contribution in [0.2, 0.25) is 0 Å². The van der Waals surface area contributed by atoms with Crippen LogP contribution >= 0.6 is 0 Å². The van der Waals surface area contributed by atoms with Crippen LogP contribution in [0.15, 0.2) is 48.6 Å². The summed E-state index contributed by atoms with van der Waals surface area (Å²) in [5.74, 6) is -16.4. The number of benzene rings is 2. The van der Waals surface area contributed by atoms with E-state index in [4.69, 9.17) is 9.47 Å². The number of Topliss-reactive ketones (excluding diaryl/α,β-unsaturated/α-hetero) is 2. The predicted molar refractivity (Wildman–Crippen MR) is 150 cm³/mol. The fourth-order valence-corrected chi connectivity index (χ4v) is 3.83. The van der Waals surface area contributed by atoms with Gasteiger partial charge in [-0.25, -0.2) is 19.2 Å². The molecule has 0 aromatic heterocycles. The lowest BCUT2D eigenvalue weighted by Crippen LogP contribution is -2.74. The summed E-state index contributed by atoms with van der Waals surface area (Å²) in [7, 11) is 0. The van der Waals surface area contributed by atoms with Crippen LogP contribution in [0.1, 0.15) is 38.8 Å². The summed E-state index contributed by atoms with van der Waals surface area (Å²) in [6.45, 7) is 2.32. The highest BCUT2D eigenvalue weighted by Crippen LogP contribution is 2.37. The molecule has 0 spiro atoms. The van der Waals surface area contributed by atoms with Crippen molar-refractivity contribution >= 4 is 59.5 Å². The van der Waals surface area contributed by atoms with Gasteiger partial charge in [-0.2, -0.15) is 0 Å². The molecule has 0 aliphatic rings. The average molecular weight is 643 g/mol. The van der Waals surface area contributed by atoms with Crippen molar-refractivity contribution in [2.24, 2.45) is 0 Å². The van der Waals surface area contributed by atoms with Crippen molar-refractivity contribution < 1.29 is 77.7 Å². The number of ketones is 2. The summed E-state index contributed by atoms with van der Waals surface area (Å²) in [6, 6.07) is 6.44. The normalized spacial score (nSPS) is 13.6. The van der Waals surface area contributed by atoms with Gasteiger partial charge in [0.05, 0.1) is 0 Å². The molecule has 0 bridgehead atoms. The maximum absolute atomic E-state index is 13.4. The van der Waals surface area contributed by atoms with Crippen molar-refractivity contribution in [3.05, 3.63) is 59.7 Å². The molecule has 0 unspecified atom stereocenters. The minimum atomic E-state index is -3.96. The van der Waals surface area contributed by atoms with E-state index in [2.05, 4.69) is 9.47 Å². The summed E-state index contributed by atoms with van der Waals surface area (Å²) in [5.41, 5.74) is -7.85. The summed E-state index contributed by atoms with van der Waals surface area (Å²) < 4.78 is 19.0. The molecule has 0 fully saturated rings. The Morgan fingerprint density at radius 3 is 1.13 bits per heavy atom. The smallest absolute Gasteiger partial charge is 0.371 e. The Balaban J connectivity index is 2.82. The highest BCUT2D eigenvalue weighted by molar-refractivity contribution is 6.25. The second-order valence-corrected chi connectivity index (χ2v) is 9.24. The molecule has 0 aliphatic carbocycles. The first kappa shape index (κ1) is 35.9. The number of phenols is 4. The number of carbonyl (C=O) groups excluding carboxylic acids is 8. The average Bonchev–Trinajstić information content (AvgIpc) is 2.94. The molecule has 16 nitrogen and oxygen atoms in total. The van der Waals surface area contributed by atoms with Crippen LogP contribution in [0.5, 0.6) is 23.0 Å². The molecule has 0 radical (unpaired) electrons. The molecular formula is C30H26O16. The number of aromatic hydroxyl groups is 4. The number of esters is 6. The van der Waals surface area contributed by atoms with Crippen molar-refractivity contribution in [1.29, 1.82) is 0 Å². The lowest BCUT2D eigenvalue weighted by atomic mass is 9.76. The second kappa shape index (κ2) is 14.4. The third-order valence-corrected chi connectivity index (χ3v) is 5.87. The standard InChI is InChI=1S/C30H26O16/c1-15(31)29(27(41)43-17(3)33,45-25(39)11-7-19-5-9-21(35)23(37)13-19)30(16(2)32,28(42)44-18(4)34)46-26(40)12-8-20-6-10-22(36)24(38)14-20/h5-14,35-38H,1-4H3/b11-7+,12-8+/t29-,30-/m1/s1. The molecule has 4 N–H and O–H groups in total. The molecule has 0 amide bonds. The lowest BCUT2D eigenvalue weighted by molar-refractivity contribution is -0.225. The van der Waals surface area contributed by atoms with Gasteiger partial charge in [0.2, 0.25) is 0 Å². The molecule has 2 aromatic rings. The molecule has 0 saturated carbocycles. The summed E-state index contributed by atoms with van der Waals surface area (Å²) in [6.07, 6.45) is 2.89. The lowest BCUT2D eigenvalue weighted by Gasteiger charge is -2.40. The monoisotopic (exact) mass is 642 g/mol. The zero-order chi connectivity index (χ0) is 35.0. The number of carbonyl (C=O) groups is 8. The predicted octanol–water partition coefficient (Wildman–Crippen LogP) is 1.16. The molecule has 242 valence electrons. The Kier molecular flexibility index (Phi) is 11.3. The third kappa shape index (κ3) is 7.79. The van der Waals surface area contributed by atoms with E-state index in [0.717, 1.165) is 36.4 Å². The molecule has 16 heteroatoms. The fraction of sp³-hybridized carbons (Fsp3) is 0.200. The van der Waals surface area contributed by atoms with Gasteiger partial charge in [-0.3, -0.25) is 19.2 Å². The van der Waals surface area contributed by atoms with Crippen molar-refractivity contribution in [2.45, 2.75) is 38.9 Å². The van der Waals surface area contributed by atoms with E-state index >= 15 is 0 Å². The van der Waals surface area contributed by atoms with Crippen molar-refractivity contribution in [2.75, 3.05) is 0 Å². The molecule has 0 saturated heterocycles. The number of rotatable bonds is 11. The molecule has 2 atom stereocenters. The largest absolute Gasteiger partial charge is 0.504 e. The number of hydrogen-bond donors (Lipinski definition) is 4. The van der Waals surface area contributed by atoms with Crippen LogP contribution in [0.25, 0.3) is 12.2 Å². The van der Waals surface area contributed by atoms with Crippen LogP contribution in [0.4, 0.5) is 0 Å². The first-order valence-corrected chi connectivity index (χ1v) is 12.7. The van der Waals surface area contributed by atoms with Gasteiger partial charge < -0.3 is 39.4 Å². The van der Waals surface area contributed by atoms with Crippen LogP contribution in [-0.4, -0.2) is 79.0 Å². The van der Waals surface area contributed by atoms with Gasteiger partial charge in [0.15, 0.2) is 34.6 Å². The number of ether oxygens (including phenoxy) is 4. The third-order valence-electron chi connectivity index (χ3n) is 5.87. The van der Waals surface area contributed by atoms with Gasteiger partial charge in [-0.1, -0.05) is 12.1 Å². The van der Waals surface area contributed by atoms with E-state index in [1.165, 1.54) is 12.1 Å². The van der Waals surface area contributed by atoms with E-state index in [1.54, 1.807) is 0 Å². The molecular weight excluding hydrogens is 616 g/mol. The minimum absolute atomic E-state index is 0.0395. The van der Waals surface area contributed by atoms with E-state index in [1.807, 2.05) is 0 Å². The van der Waals surface area contributed by atoms with Crippen LogP contribution in [0.3, 0.4) is 0 Å². The van der Waals surface area contributed by atoms with Crippen molar-refractivity contribution in [3.8, 4) is 23.0 Å². The Morgan fingerprint density at radius 1 is 0.543 bits per heavy atom. The Hall–Kier alpha value is -6.32. The summed E-state index contributed by atoms with van der Waals surface area (Å²) >= 11 is 0. The molecule has 46 heavy (non-hydrogen) atoms. The van der Waals surface area contributed by atoms with E-state index < -0.39 is 81.6 Å². The first-order valence-electron chi connectivity index (χ1n) is 12.7. The molecule has 0 aliphatic heterocycles. The minimum Gasteiger partial charge on any atom is -0.504 e. The maximum atomic E-state index is 13.4. The summed E-state index contributed by atoms with van der Waals surface area (Å²) in [4.78, 5) is 103. The molecule has 2 aromatic carbocycles. The quantitative estimate of drug-likeness (QED) is 0.0881. The topological polar surface area (TPSA) is 254 Å². The number of hydrogen-bond acceptors (Lipinski definition) is 16. The SMILES string of the molecule is CC(=O)OC(=O)[C@](OC(=O)/C=C/c1ccc(O)c(O)c1)(C(C)=O)[C@@](OC(=O)/C=C/c1ccc(O)c(O)c1)(C(C)=O)C(=O)OC(C)=O. The maximum Gasteiger partial charge on any atom is 0.371 e. The van der Waals surface area contributed by atoms with Crippen LogP contribution in [-0.2, 0) is 57.3 Å². The highest BCUT2D eigenvalue weighted by Gasteiger charge is 2.76. The molecule has 2 rings (SSSR count). The van der Waals surface area contributed by atoms with Crippen molar-refractivity contribution in [3.63, 3.8) is 0 Å².